The summed E-state index contributed by atoms with van der Waals surface area (Å²) in [7, 11) is 0. The molecule has 1 aliphatic rings. The zero-order valence-corrected chi connectivity index (χ0v) is 22.7. The van der Waals surface area contributed by atoms with Crippen LogP contribution >= 0.6 is 11.8 Å². The van der Waals surface area contributed by atoms with Crippen molar-refractivity contribution in [3.63, 3.8) is 0 Å². The number of alkyl carbamates (subject to hydrolysis) is 1. The number of thioether (sulfide) groups is 1. The van der Waals surface area contributed by atoms with E-state index in [0.29, 0.717) is 5.69 Å². The average molecular weight is 544 g/mol. The Labute approximate surface area is 226 Å². The van der Waals surface area contributed by atoms with Crippen LogP contribution in [0.5, 0.6) is 0 Å². The number of ether oxygens (including phenoxy) is 2. The van der Waals surface area contributed by atoms with Crippen LogP contribution in [0, 0.1) is 6.92 Å². The number of carbonyl (C=O) groups excluding carboxylic acids is 3. The van der Waals surface area contributed by atoms with E-state index in [1.54, 1.807) is 32.9 Å². The lowest BCUT2D eigenvalue weighted by molar-refractivity contribution is -0.137. The molecular formula is C27H33N3O7S. The highest BCUT2D eigenvalue weighted by molar-refractivity contribution is 7.99. The molecule has 38 heavy (non-hydrogen) atoms. The Balaban J connectivity index is 1.76. The van der Waals surface area contributed by atoms with Crippen molar-refractivity contribution in [2.24, 2.45) is 0 Å². The number of hydrogen-bond donors (Lipinski definition) is 3. The summed E-state index contributed by atoms with van der Waals surface area (Å²) in [6.45, 7) is 6.48. The number of benzene rings is 2. The first-order valence-electron chi connectivity index (χ1n) is 12.1. The minimum absolute atomic E-state index is 0.174. The summed E-state index contributed by atoms with van der Waals surface area (Å²) in [5, 5.41) is 14.6. The van der Waals surface area contributed by atoms with E-state index in [2.05, 4.69) is 10.6 Å². The largest absolute Gasteiger partial charge is 0.480 e. The molecule has 0 saturated carbocycles. The summed E-state index contributed by atoms with van der Waals surface area (Å²) >= 11 is 1.34. The first-order valence-corrected chi connectivity index (χ1v) is 13.1. The van der Waals surface area contributed by atoms with E-state index in [-0.39, 0.29) is 19.0 Å². The highest BCUT2D eigenvalue weighted by atomic mass is 32.2. The normalized spacial score (nSPS) is 16.2. The van der Waals surface area contributed by atoms with Gasteiger partial charge in [-0.25, -0.2) is 4.79 Å². The molecule has 204 valence electrons. The molecule has 2 aromatic rings. The molecule has 11 heteroatoms. The molecule has 0 saturated heterocycles. The lowest BCUT2D eigenvalue weighted by Gasteiger charge is -2.27. The molecule has 3 rings (SSSR count). The third kappa shape index (κ3) is 8.49. The Morgan fingerprint density at radius 2 is 1.87 bits per heavy atom. The van der Waals surface area contributed by atoms with Crippen molar-refractivity contribution in [1.82, 2.24) is 10.6 Å². The maximum absolute atomic E-state index is 13.4. The minimum atomic E-state index is -1.18. The van der Waals surface area contributed by atoms with E-state index in [4.69, 9.17) is 9.47 Å². The summed E-state index contributed by atoms with van der Waals surface area (Å²) < 4.78 is 11.0. The van der Waals surface area contributed by atoms with Crippen LogP contribution in [0.2, 0.25) is 0 Å². The Morgan fingerprint density at radius 1 is 1.16 bits per heavy atom. The fraction of sp³-hybridized carbons (Fsp3) is 0.407. The molecule has 0 radical (unpaired) electrons. The fourth-order valence-electron chi connectivity index (χ4n) is 3.69. The van der Waals surface area contributed by atoms with Crippen molar-refractivity contribution in [2.45, 2.75) is 56.9 Å². The number of anilines is 1. The van der Waals surface area contributed by atoms with Gasteiger partial charge in [-0.3, -0.25) is 19.3 Å². The SMILES string of the molecule is Cc1ccc2c(c1)SC[C@@H](NC(=O)[C@H](COCc1ccccc1)NC(=O)OC(C)(C)C)C(=O)N2CC(=O)O. The van der Waals surface area contributed by atoms with Crippen LogP contribution in [0.15, 0.2) is 53.4 Å². The number of nitrogens with zero attached hydrogens (tertiary/aromatic N) is 1. The van der Waals surface area contributed by atoms with Crippen LogP contribution in [-0.4, -0.2) is 65.6 Å². The molecule has 0 spiro atoms. The second-order valence-electron chi connectivity index (χ2n) is 9.86. The number of carbonyl (C=O) groups is 4. The highest BCUT2D eigenvalue weighted by Crippen LogP contribution is 2.35. The molecular weight excluding hydrogens is 510 g/mol. The molecule has 2 atom stereocenters. The molecule has 0 bridgehead atoms. The number of carboxylic acids is 1. The van der Waals surface area contributed by atoms with Crippen molar-refractivity contribution < 1.29 is 33.8 Å². The number of fused-ring (bicyclic) bond motifs is 1. The number of carboxylic acid groups (broad SMARTS) is 1. The van der Waals surface area contributed by atoms with Crippen LogP contribution in [0.3, 0.4) is 0 Å². The zero-order valence-electron chi connectivity index (χ0n) is 21.9. The van der Waals surface area contributed by atoms with Gasteiger partial charge in [0.15, 0.2) is 0 Å². The van der Waals surface area contributed by atoms with E-state index >= 15 is 0 Å². The number of aryl methyl sites for hydroxylation is 1. The van der Waals surface area contributed by atoms with E-state index < -0.39 is 48.1 Å². The maximum atomic E-state index is 13.4. The second kappa shape index (κ2) is 12.8. The Kier molecular flexibility index (Phi) is 9.76. The molecule has 3 amide bonds. The van der Waals surface area contributed by atoms with E-state index in [1.807, 2.05) is 43.3 Å². The Hall–Kier alpha value is -3.57. The van der Waals surface area contributed by atoms with Crippen LogP contribution in [-0.2, 0) is 30.5 Å². The van der Waals surface area contributed by atoms with E-state index in [1.165, 1.54) is 11.8 Å². The lowest BCUT2D eigenvalue weighted by Crippen LogP contribution is -2.57. The molecule has 0 aliphatic carbocycles. The van der Waals surface area contributed by atoms with Crippen LogP contribution in [0.4, 0.5) is 10.5 Å². The number of rotatable bonds is 9. The standard InChI is InChI=1S/C27H33N3O7S/c1-17-10-11-21-22(12-17)38-16-20(25(34)30(21)13-23(31)32)28-24(33)19(29-26(35)37-27(2,3)4)15-36-14-18-8-6-5-7-9-18/h5-12,19-20H,13-16H2,1-4H3,(H,28,33)(H,29,35)(H,31,32)/t19-,20+/m0/s1. The van der Waals surface area contributed by atoms with Crippen molar-refractivity contribution in [3.8, 4) is 0 Å². The molecule has 1 heterocycles. The quantitative estimate of drug-likeness (QED) is 0.439. The number of aliphatic carboxylic acids is 1. The van der Waals surface area contributed by atoms with Gasteiger partial charge >= 0.3 is 12.1 Å². The van der Waals surface area contributed by atoms with Crippen LogP contribution in [0.1, 0.15) is 31.9 Å². The third-order valence-electron chi connectivity index (χ3n) is 5.39. The van der Waals surface area contributed by atoms with Gasteiger partial charge < -0.3 is 25.2 Å². The number of amides is 3. The molecule has 0 unspecified atom stereocenters. The van der Waals surface area contributed by atoms with E-state index in [0.717, 1.165) is 20.9 Å². The molecule has 1 aliphatic heterocycles. The monoisotopic (exact) mass is 543 g/mol. The molecule has 2 aromatic carbocycles. The number of nitrogens with one attached hydrogen (secondary N) is 2. The van der Waals surface area contributed by atoms with Crippen molar-refractivity contribution in [1.29, 1.82) is 0 Å². The molecule has 0 aromatic heterocycles. The molecule has 0 fully saturated rings. The topological polar surface area (TPSA) is 134 Å². The third-order valence-corrected chi connectivity index (χ3v) is 6.53. The highest BCUT2D eigenvalue weighted by Gasteiger charge is 2.35. The maximum Gasteiger partial charge on any atom is 0.408 e. The summed E-state index contributed by atoms with van der Waals surface area (Å²) in [6, 6.07) is 12.5. The predicted molar refractivity (Wildman–Crippen MR) is 143 cm³/mol. The van der Waals surface area contributed by atoms with Crippen molar-refractivity contribution in [3.05, 3.63) is 59.7 Å². The van der Waals surface area contributed by atoms with Gasteiger partial charge in [0.05, 0.1) is 18.9 Å². The number of hydrogen-bond acceptors (Lipinski definition) is 7. The van der Waals surface area contributed by atoms with Crippen molar-refractivity contribution in [2.75, 3.05) is 23.8 Å². The van der Waals surface area contributed by atoms with Crippen LogP contribution in [0.25, 0.3) is 0 Å². The molecule has 3 N–H and O–H groups in total. The summed E-state index contributed by atoms with van der Waals surface area (Å²) in [4.78, 5) is 52.6. The minimum Gasteiger partial charge on any atom is -0.480 e. The van der Waals surface area contributed by atoms with Gasteiger partial charge in [-0.05, 0) is 51.0 Å². The summed E-state index contributed by atoms with van der Waals surface area (Å²) in [5.74, 6) is -2.21. The van der Waals surface area contributed by atoms with Crippen LogP contribution < -0.4 is 15.5 Å². The molecule has 10 nitrogen and oxygen atoms in total. The van der Waals surface area contributed by atoms with Gasteiger partial charge in [0, 0.05) is 10.6 Å². The first-order chi connectivity index (χ1) is 17.9. The Bertz CT molecular complexity index is 1170. The predicted octanol–water partition coefficient (Wildman–Crippen LogP) is 3.11. The summed E-state index contributed by atoms with van der Waals surface area (Å²) in [5.41, 5.74) is 1.53. The first kappa shape index (κ1) is 29.0. The van der Waals surface area contributed by atoms with Gasteiger partial charge in [0.1, 0.15) is 24.2 Å². The smallest absolute Gasteiger partial charge is 0.408 e. The Morgan fingerprint density at radius 3 is 2.53 bits per heavy atom. The lowest BCUT2D eigenvalue weighted by atomic mass is 10.1. The summed E-state index contributed by atoms with van der Waals surface area (Å²) in [6.07, 6.45) is -0.807. The van der Waals surface area contributed by atoms with E-state index in [9.17, 15) is 24.3 Å². The van der Waals surface area contributed by atoms with Gasteiger partial charge in [0.25, 0.3) is 5.91 Å². The average Bonchev–Trinajstić information content (AvgIpc) is 2.94. The van der Waals surface area contributed by atoms with Gasteiger partial charge in [-0.1, -0.05) is 36.4 Å². The van der Waals surface area contributed by atoms with Gasteiger partial charge in [-0.2, -0.15) is 0 Å². The van der Waals surface area contributed by atoms with Gasteiger partial charge in [0.2, 0.25) is 5.91 Å². The van der Waals surface area contributed by atoms with Crippen molar-refractivity contribution >= 4 is 41.3 Å². The fourth-order valence-corrected chi connectivity index (χ4v) is 4.85. The zero-order chi connectivity index (χ0) is 27.9. The van der Waals surface area contributed by atoms with Gasteiger partial charge in [-0.15, -0.1) is 11.8 Å². The second-order valence-corrected chi connectivity index (χ2v) is 10.9.